The number of nitrogens with zero attached hydrogens (tertiary/aromatic N) is 1. The minimum absolute atomic E-state index is 0.00131. The van der Waals surface area contributed by atoms with Gasteiger partial charge in [0.15, 0.2) is 0 Å². The number of halogens is 6. The van der Waals surface area contributed by atoms with Crippen LogP contribution in [-0.4, -0.2) is 48.9 Å². The molecule has 0 spiro atoms. The maximum absolute atomic E-state index is 13.0. The third-order valence-corrected chi connectivity index (χ3v) is 7.06. The number of hydrogen-bond donors (Lipinski definition) is 2. The smallest absolute Gasteiger partial charge is 0.352 e. The first-order chi connectivity index (χ1) is 16.3. The van der Waals surface area contributed by atoms with Crippen LogP contribution in [0.2, 0.25) is 0 Å². The van der Waals surface area contributed by atoms with Crippen molar-refractivity contribution in [2.24, 2.45) is 5.92 Å². The van der Waals surface area contributed by atoms with E-state index in [1.54, 1.807) is 0 Å². The summed E-state index contributed by atoms with van der Waals surface area (Å²) < 4.78 is 78.1. The van der Waals surface area contributed by atoms with Crippen LogP contribution in [0.15, 0.2) is 18.2 Å². The molecule has 1 aromatic rings. The van der Waals surface area contributed by atoms with E-state index in [4.69, 9.17) is 0 Å². The molecule has 0 radical (unpaired) electrons. The van der Waals surface area contributed by atoms with Crippen molar-refractivity contribution in [2.45, 2.75) is 75.8 Å². The van der Waals surface area contributed by atoms with Crippen LogP contribution in [0.5, 0.6) is 0 Å². The summed E-state index contributed by atoms with van der Waals surface area (Å²) in [6.07, 6.45) is -2.66. The van der Waals surface area contributed by atoms with Gasteiger partial charge in [-0.25, -0.2) is 0 Å². The van der Waals surface area contributed by atoms with Crippen LogP contribution < -0.4 is 10.6 Å². The first-order valence-corrected chi connectivity index (χ1v) is 11.9. The summed E-state index contributed by atoms with van der Waals surface area (Å²) >= 11 is 0. The van der Waals surface area contributed by atoms with Crippen molar-refractivity contribution in [3.8, 4) is 0 Å². The fraction of sp³-hybridized carbons (Fsp3) is 0.667. The molecule has 196 valence electrons. The van der Waals surface area contributed by atoms with Gasteiger partial charge in [-0.1, -0.05) is 12.8 Å². The summed E-state index contributed by atoms with van der Waals surface area (Å²) in [6, 6.07) is 1.34. The van der Waals surface area contributed by atoms with Crippen molar-refractivity contribution in [3.63, 3.8) is 0 Å². The Labute approximate surface area is 200 Å². The molecule has 35 heavy (non-hydrogen) atoms. The van der Waals surface area contributed by atoms with Crippen molar-refractivity contribution < 1.29 is 35.9 Å². The fourth-order valence-electron chi connectivity index (χ4n) is 4.85. The molecule has 2 amide bonds. The second-order valence-electron chi connectivity index (χ2n) is 9.55. The Hall–Kier alpha value is -2.30. The van der Waals surface area contributed by atoms with E-state index in [2.05, 4.69) is 10.6 Å². The molecule has 2 N–H and O–H groups in total. The SMILES string of the molecule is CN(C(=O)CN[C@H]1CC[C@@H](CNC(=O)c2cc(C(F)(F)F)cc(C(F)(F)F)c2)CC1)C1CCCC1. The number of amides is 2. The van der Waals surface area contributed by atoms with Gasteiger partial charge < -0.3 is 15.5 Å². The van der Waals surface area contributed by atoms with Gasteiger partial charge in [0.1, 0.15) is 0 Å². The van der Waals surface area contributed by atoms with E-state index in [9.17, 15) is 35.9 Å². The highest BCUT2D eigenvalue weighted by molar-refractivity contribution is 5.94. The van der Waals surface area contributed by atoms with Gasteiger partial charge >= 0.3 is 12.4 Å². The number of benzene rings is 1. The second-order valence-corrected chi connectivity index (χ2v) is 9.55. The second kappa shape index (κ2) is 11.2. The highest BCUT2D eigenvalue weighted by Gasteiger charge is 2.37. The maximum atomic E-state index is 13.0. The van der Waals surface area contributed by atoms with Crippen LogP contribution in [0.1, 0.15) is 72.9 Å². The monoisotopic (exact) mass is 507 g/mol. The molecule has 2 fully saturated rings. The van der Waals surface area contributed by atoms with E-state index in [1.165, 1.54) is 0 Å². The summed E-state index contributed by atoms with van der Waals surface area (Å²) in [4.78, 5) is 26.6. The van der Waals surface area contributed by atoms with Crippen LogP contribution in [0, 0.1) is 5.92 Å². The largest absolute Gasteiger partial charge is 0.416 e. The predicted octanol–water partition coefficient (Wildman–Crippen LogP) is 5.00. The van der Waals surface area contributed by atoms with Crippen LogP contribution in [0.4, 0.5) is 26.3 Å². The number of nitrogens with one attached hydrogen (secondary N) is 2. The lowest BCUT2D eigenvalue weighted by Gasteiger charge is -2.30. The lowest BCUT2D eigenvalue weighted by atomic mass is 9.86. The fourth-order valence-corrected chi connectivity index (χ4v) is 4.85. The van der Waals surface area contributed by atoms with Gasteiger partial charge in [0, 0.05) is 31.2 Å². The van der Waals surface area contributed by atoms with Gasteiger partial charge in [-0.15, -0.1) is 0 Å². The Morgan fingerprint density at radius 3 is 1.94 bits per heavy atom. The zero-order chi connectivity index (χ0) is 25.8. The van der Waals surface area contributed by atoms with Crippen molar-refractivity contribution in [3.05, 3.63) is 34.9 Å². The summed E-state index contributed by atoms with van der Waals surface area (Å²) in [7, 11) is 1.83. The lowest BCUT2D eigenvalue weighted by molar-refractivity contribution is -0.143. The summed E-state index contributed by atoms with van der Waals surface area (Å²) in [5.74, 6) is -0.852. The Morgan fingerprint density at radius 1 is 0.886 bits per heavy atom. The third-order valence-electron chi connectivity index (χ3n) is 7.06. The molecule has 0 aliphatic heterocycles. The van der Waals surface area contributed by atoms with Crippen LogP contribution in [-0.2, 0) is 17.1 Å². The highest BCUT2D eigenvalue weighted by Crippen LogP contribution is 2.36. The van der Waals surface area contributed by atoms with Gasteiger partial charge in [0.05, 0.1) is 17.7 Å². The van der Waals surface area contributed by atoms with E-state index < -0.39 is 35.0 Å². The average molecular weight is 508 g/mol. The first-order valence-electron chi connectivity index (χ1n) is 11.9. The number of alkyl halides is 6. The van der Waals surface area contributed by atoms with E-state index in [-0.39, 0.29) is 37.0 Å². The lowest BCUT2D eigenvalue weighted by Crippen LogP contribution is -2.44. The van der Waals surface area contributed by atoms with Gasteiger partial charge in [-0.2, -0.15) is 26.3 Å². The maximum Gasteiger partial charge on any atom is 0.416 e. The minimum atomic E-state index is -5.00. The average Bonchev–Trinajstić information content (AvgIpc) is 3.34. The molecule has 2 aliphatic carbocycles. The quantitative estimate of drug-likeness (QED) is 0.511. The van der Waals surface area contributed by atoms with Crippen molar-refractivity contribution >= 4 is 11.8 Å². The molecule has 2 saturated carbocycles. The molecular weight excluding hydrogens is 476 g/mol. The van der Waals surface area contributed by atoms with E-state index in [0.29, 0.717) is 18.2 Å². The van der Waals surface area contributed by atoms with E-state index >= 15 is 0 Å². The zero-order valence-electron chi connectivity index (χ0n) is 19.6. The Kier molecular flexibility index (Phi) is 8.72. The molecule has 0 bridgehead atoms. The topological polar surface area (TPSA) is 61.4 Å². The molecule has 0 unspecified atom stereocenters. The number of hydrogen-bond acceptors (Lipinski definition) is 3. The predicted molar refractivity (Wildman–Crippen MR) is 118 cm³/mol. The molecular formula is C24H31F6N3O2. The molecule has 0 heterocycles. The molecule has 3 rings (SSSR count). The van der Waals surface area contributed by atoms with Crippen molar-refractivity contribution in [1.29, 1.82) is 0 Å². The Bertz CT molecular complexity index is 856. The van der Waals surface area contributed by atoms with Crippen molar-refractivity contribution in [2.75, 3.05) is 20.1 Å². The van der Waals surface area contributed by atoms with Gasteiger partial charge in [0.2, 0.25) is 5.91 Å². The molecule has 2 aliphatic rings. The highest BCUT2D eigenvalue weighted by atomic mass is 19.4. The Balaban J connectivity index is 1.46. The zero-order valence-corrected chi connectivity index (χ0v) is 19.6. The van der Waals surface area contributed by atoms with Gasteiger partial charge in [-0.3, -0.25) is 9.59 Å². The Morgan fingerprint density at radius 2 is 1.43 bits per heavy atom. The van der Waals surface area contributed by atoms with E-state index in [0.717, 1.165) is 51.4 Å². The van der Waals surface area contributed by atoms with E-state index in [1.807, 2.05) is 11.9 Å². The van der Waals surface area contributed by atoms with Gasteiger partial charge in [-0.05, 0) is 62.6 Å². The minimum Gasteiger partial charge on any atom is -0.352 e. The standard InChI is InChI=1S/C24H31F6N3O2/c1-33(20-4-2-3-5-20)21(34)14-31-19-8-6-15(7-9-19)13-32-22(35)16-10-17(23(25,26)27)12-18(11-16)24(28,29)30/h10-12,15,19-20,31H,2-9,13-14H2,1H3,(H,32,35)/t15-,19+. The molecule has 1 aromatic carbocycles. The summed E-state index contributed by atoms with van der Waals surface area (Å²) in [6.45, 7) is 0.419. The molecule has 5 nitrogen and oxygen atoms in total. The first kappa shape index (κ1) is 27.3. The summed E-state index contributed by atoms with van der Waals surface area (Å²) in [5, 5.41) is 5.77. The third kappa shape index (κ3) is 7.59. The van der Waals surface area contributed by atoms with Crippen LogP contribution in [0.3, 0.4) is 0 Å². The molecule has 0 saturated heterocycles. The number of rotatable bonds is 7. The van der Waals surface area contributed by atoms with Gasteiger partial charge in [0.25, 0.3) is 5.91 Å². The molecule has 0 aromatic heterocycles. The van der Waals surface area contributed by atoms with Crippen molar-refractivity contribution in [1.82, 2.24) is 15.5 Å². The normalized spacial score (nSPS) is 21.7. The number of likely N-dealkylation sites (N-methyl/N-ethyl adjacent to an activating group) is 1. The number of carbonyl (C=O) groups is 2. The van der Waals surface area contributed by atoms with Crippen LogP contribution >= 0.6 is 0 Å². The van der Waals surface area contributed by atoms with Crippen LogP contribution in [0.25, 0.3) is 0 Å². The number of carbonyl (C=O) groups excluding carboxylic acids is 2. The molecule has 11 heteroatoms. The summed E-state index contributed by atoms with van der Waals surface area (Å²) in [5.41, 5.74) is -3.71. The molecule has 0 atom stereocenters.